The van der Waals surface area contributed by atoms with E-state index in [0.29, 0.717) is 10.2 Å². The van der Waals surface area contributed by atoms with Gasteiger partial charge in [-0.1, -0.05) is 22.7 Å². The van der Waals surface area contributed by atoms with E-state index in [9.17, 15) is 18.3 Å². The molecule has 0 aliphatic heterocycles. The largest absolute Gasteiger partial charge is 0.368 e. The van der Waals surface area contributed by atoms with Crippen molar-refractivity contribution in [1.82, 2.24) is 4.47 Å². The number of aryl methyl sites for hydroxylation is 2. The van der Waals surface area contributed by atoms with Gasteiger partial charge in [0.15, 0.2) is 6.79 Å². The van der Waals surface area contributed by atoms with Gasteiger partial charge in [0, 0.05) is 18.7 Å². The molecule has 24 heavy (non-hydrogen) atoms. The summed E-state index contributed by atoms with van der Waals surface area (Å²) in [7, 11) is -3.19. The summed E-state index contributed by atoms with van der Waals surface area (Å²) in [4.78, 5) is 17.0. The Kier molecular flexibility index (Phi) is 8.07. The number of nitrogens with one attached hydrogen (secondary N) is 1. The van der Waals surface area contributed by atoms with Crippen molar-refractivity contribution in [2.45, 2.75) is 19.3 Å². The summed E-state index contributed by atoms with van der Waals surface area (Å²) in [5.41, 5.74) is -0.433. The number of benzene rings is 1. The molecule has 0 aliphatic rings. The maximum absolute atomic E-state index is 12.3. The van der Waals surface area contributed by atoms with Gasteiger partial charge in [0.25, 0.3) is 21.4 Å². The van der Waals surface area contributed by atoms with Crippen LogP contribution in [0.1, 0.15) is 11.1 Å². The Balaban J connectivity index is 2.96. The predicted molar refractivity (Wildman–Crippen MR) is 89.9 cm³/mol. The maximum atomic E-state index is 12.3. The van der Waals surface area contributed by atoms with Gasteiger partial charge in [-0.3, -0.25) is 9.63 Å². The lowest BCUT2D eigenvalue weighted by atomic mass is 10.1. The number of methoxy groups -OCH3 is 1. The highest BCUT2D eigenvalue weighted by Crippen LogP contribution is 2.20. The zero-order chi connectivity index (χ0) is 18.3. The number of hydrogen-bond acceptors (Lipinski definition) is 6. The Hall–Kier alpha value is -1.23. The van der Waals surface area contributed by atoms with E-state index in [-0.39, 0.29) is 19.2 Å². The Morgan fingerprint density at radius 3 is 2.46 bits per heavy atom. The molecule has 0 aromatic heterocycles. The molecular weight excluding hydrogens is 360 g/mol. The van der Waals surface area contributed by atoms with Gasteiger partial charge in [0.1, 0.15) is 0 Å². The molecule has 0 fully saturated rings. The van der Waals surface area contributed by atoms with Crippen LogP contribution in [0.5, 0.6) is 0 Å². The van der Waals surface area contributed by atoms with Crippen LogP contribution < -0.4 is 5.32 Å². The van der Waals surface area contributed by atoms with Gasteiger partial charge in [0.2, 0.25) is 0 Å². The second kappa shape index (κ2) is 9.30. The highest BCUT2D eigenvalue weighted by molar-refractivity contribution is 7.90. The van der Waals surface area contributed by atoms with Crippen molar-refractivity contribution in [3.8, 4) is 0 Å². The molecule has 1 atom stereocenters. The number of rotatable bonds is 9. The second-order valence-corrected chi connectivity index (χ2v) is 7.17. The Morgan fingerprint density at radius 1 is 1.38 bits per heavy atom. The minimum atomic E-state index is -4.49. The number of hydrogen-bond donors (Lipinski definition) is 2. The average Bonchev–Trinajstić information content (AvgIpc) is 2.53. The minimum Gasteiger partial charge on any atom is -0.368 e. The molecule has 0 bridgehead atoms. The number of carbonyl (C=O) groups excluding carboxylic acids is 1. The van der Waals surface area contributed by atoms with Crippen molar-refractivity contribution in [2.24, 2.45) is 0 Å². The molecular formula is C14H21ClN2O6S. The van der Waals surface area contributed by atoms with Crippen LogP contribution >= 0.6 is 11.6 Å². The van der Waals surface area contributed by atoms with Gasteiger partial charge >= 0.3 is 0 Å². The Labute approximate surface area is 146 Å². The molecule has 1 aromatic rings. The fourth-order valence-electron chi connectivity index (χ4n) is 1.89. The van der Waals surface area contributed by atoms with Crippen LogP contribution in [-0.2, 0) is 24.4 Å². The van der Waals surface area contributed by atoms with Gasteiger partial charge in [-0.05, 0) is 25.0 Å². The minimum absolute atomic E-state index is 0.0891. The molecule has 0 saturated carbocycles. The molecule has 0 aliphatic carbocycles. The highest BCUT2D eigenvalue weighted by atomic mass is 35.5. The SMILES string of the molecule is COCON(CCCl)S(=O)(=O)C(O)C(=O)Nc1c(C)cccc1C. The molecule has 0 heterocycles. The molecule has 0 spiro atoms. The van der Waals surface area contributed by atoms with E-state index < -0.39 is 21.4 Å². The second-order valence-electron chi connectivity index (χ2n) is 4.90. The fourth-order valence-corrected chi connectivity index (χ4v) is 3.23. The van der Waals surface area contributed by atoms with Crippen LogP contribution in [0.25, 0.3) is 0 Å². The van der Waals surface area contributed by atoms with Crippen LogP contribution in [0.15, 0.2) is 18.2 Å². The molecule has 10 heteroatoms. The quantitative estimate of drug-likeness (QED) is 0.375. The number of ether oxygens (including phenoxy) is 1. The molecule has 2 N–H and O–H groups in total. The van der Waals surface area contributed by atoms with Crippen LogP contribution in [0.4, 0.5) is 5.69 Å². The first-order chi connectivity index (χ1) is 11.3. The number of aliphatic hydroxyl groups excluding tert-OH is 1. The van der Waals surface area contributed by atoms with Crippen LogP contribution in [0.3, 0.4) is 0 Å². The third-order valence-corrected chi connectivity index (χ3v) is 4.90. The fraction of sp³-hybridized carbons (Fsp3) is 0.500. The summed E-state index contributed by atoms with van der Waals surface area (Å²) in [5, 5.41) is 12.4. The van der Waals surface area contributed by atoms with Gasteiger partial charge in [-0.2, -0.15) is 0 Å². The number of amides is 1. The average molecular weight is 381 g/mol. The van der Waals surface area contributed by atoms with E-state index in [0.717, 1.165) is 11.1 Å². The van der Waals surface area contributed by atoms with E-state index in [1.807, 2.05) is 0 Å². The van der Waals surface area contributed by atoms with Gasteiger partial charge in [-0.15, -0.1) is 11.6 Å². The van der Waals surface area contributed by atoms with Gasteiger partial charge in [0.05, 0.1) is 6.54 Å². The number of halogens is 1. The maximum Gasteiger partial charge on any atom is 0.272 e. The number of nitrogens with zero attached hydrogens (tertiary/aromatic N) is 1. The summed E-state index contributed by atoms with van der Waals surface area (Å²) >= 11 is 5.53. The number of sulfonamides is 1. The normalized spacial score (nSPS) is 13.1. The van der Waals surface area contributed by atoms with E-state index in [1.54, 1.807) is 32.0 Å². The number of aliphatic hydroxyl groups is 1. The highest BCUT2D eigenvalue weighted by Gasteiger charge is 2.37. The zero-order valence-electron chi connectivity index (χ0n) is 13.7. The van der Waals surface area contributed by atoms with Crippen LogP contribution in [0, 0.1) is 13.8 Å². The first-order valence-electron chi connectivity index (χ1n) is 7.00. The standard InChI is InChI=1S/C14H21ClN2O6S/c1-10-5-4-6-11(2)12(10)16-13(18)14(19)24(20,21)17(8-7-15)23-9-22-3/h4-6,14,19H,7-9H2,1-3H3,(H,16,18). The van der Waals surface area contributed by atoms with E-state index in [4.69, 9.17) is 16.4 Å². The predicted octanol–water partition coefficient (Wildman–Crippen LogP) is 0.966. The van der Waals surface area contributed by atoms with Crippen LogP contribution in [-0.4, -0.2) is 55.7 Å². The van der Waals surface area contributed by atoms with Crippen molar-refractivity contribution >= 4 is 33.2 Å². The van der Waals surface area contributed by atoms with Crippen molar-refractivity contribution in [3.05, 3.63) is 29.3 Å². The lowest BCUT2D eigenvalue weighted by Gasteiger charge is -2.23. The van der Waals surface area contributed by atoms with Crippen molar-refractivity contribution < 1.29 is 27.9 Å². The molecule has 1 unspecified atom stereocenters. The third kappa shape index (κ3) is 5.13. The van der Waals surface area contributed by atoms with Crippen molar-refractivity contribution in [3.63, 3.8) is 0 Å². The monoisotopic (exact) mass is 380 g/mol. The summed E-state index contributed by atoms with van der Waals surface area (Å²) in [5.74, 6) is -1.18. The van der Waals surface area contributed by atoms with E-state index >= 15 is 0 Å². The number of anilines is 1. The number of para-hydroxylation sites is 1. The molecule has 8 nitrogen and oxygen atoms in total. The molecule has 1 aromatic carbocycles. The third-order valence-electron chi connectivity index (χ3n) is 3.10. The van der Waals surface area contributed by atoms with Gasteiger partial charge in [-0.25, -0.2) is 8.42 Å². The number of alkyl halides is 1. The lowest BCUT2D eigenvalue weighted by molar-refractivity contribution is -0.163. The first kappa shape index (κ1) is 20.8. The number of carbonyl (C=O) groups is 1. The topological polar surface area (TPSA) is 105 Å². The molecule has 136 valence electrons. The summed E-state index contributed by atoms with van der Waals surface area (Å²) < 4.78 is 29.7. The Morgan fingerprint density at radius 2 is 1.96 bits per heavy atom. The molecule has 1 rings (SSSR count). The lowest BCUT2D eigenvalue weighted by Crippen LogP contribution is -2.45. The zero-order valence-corrected chi connectivity index (χ0v) is 15.2. The van der Waals surface area contributed by atoms with Crippen LogP contribution in [0.2, 0.25) is 0 Å². The van der Waals surface area contributed by atoms with Crippen molar-refractivity contribution in [2.75, 3.05) is 31.6 Å². The smallest absolute Gasteiger partial charge is 0.272 e. The Bertz CT molecular complexity index is 647. The van der Waals surface area contributed by atoms with Gasteiger partial charge < -0.3 is 15.2 Å². The molecule has 0 radical (unpaired) electrons. The summed E-state index contributed by atoms with van der Waals surface area (Å²) in [6, 6.07) is 5.31. The van der Waals surface area contributed by atoms with Crippen molar-refractivity contribution in [1.29, 1.82) is 0 Å². The molecule has 1 amide bonds. The first-order valence-corrected chi connectivity index (χ1v) is 9.04. The van der Waals surface area contributed by atoms with E-state index in [2.05, 4.69) is 10.1 Å². The van der Waals surface area contributed by atoms with E-state index in [1.165, 1.54) is 7.11 Å². The molecule has 0 saturated heterocycles. The number of hydroxylamine groups is 1. The summed E-state index contributed by atoms with van der Waals surface area (Å²) in [6.07, 6.45) is 0. The summed E-state index contributed by atoms with van der Waals surface area (Å²) in [6.45, 7) is 2.89.